The summed E-state index contributed by atoms with van der Waals surface area (Å²) in [5, 5.41) is 9.34. The topological polar surface area (TPSA) is 76.1 Å². The third-order valence-corrected chi connectivity index (χ3v) is 4.59. The van der Waals surface area contributed by atoms with E-state index in [0.29, 0.717) is 0 Å². The van der Waals surface area contributed by atoms with Gasteiger partial charge < -0.3 is 19.5 Å². The van der Waals surface area contributed by atoms with Crippen LogP contribution in [-0.4, -0.2) is 54.3 Å². The highest BCUT2D eigenvalue weighted by molar-refractivity contribution is 5.79. The van der Waals surface area contributed by atoms with Crippen LogP contribution in [0.1, 0.15) is 5.56 Å². The first-order chi connectivity index (χ1) is 11.4. The van der Waals surface area contributed by atoms with Crippen LogP contribution in [0, 0.1) is 11.3 Å². The van der Waals surface area contributed by atoms with Crippen molar-refractivity contribution in [2.24, 2.45) is 11.3 Å². The highest BCUT2D eigenvalue weighted by Crippen LogP contribution is 2.50. The monoisotopic (exact) mass is 341 g/mol. The third kappa shape index (κ3) is 2.60. The number of hydrogen-bond acceptors (Lipinski definition) is 4. The molecule has 2 heterocycles. The molecule has 2 fully saturated rings. The molecular weight excluding hydrogens is 324 g/mol. The minimum atomic E-state index is -3.44. The maximum atomic E-state index is 14.5. The average Bonchev–Trinajstić information content (AvgIpc) is 2.52. The number of rotatable bonds is 3. The highest BCUT2D eigenvalue weighted by atomic mass is 19.3. The SMILES string of the molecule is O=C(OCc1ccccc1)N1CC2COCC(C(=O)O)(C1)C2(F)F. The van der Waals surface area contributed by atoms with Crippen LogP contribution in [0.25, 0.3) is 0 Å². The van der Waals surface area contributed by atoms with Crippen LogP contribution >= 0.6 is 0 Å². The first-order valence-corrected chi connectivity index (χ1v) is 7.51. The first kappa shape index (κ1) is 16.6. The zero-order chi connectivity index (χ0) is 17.4. The molecule has 0 spiro atoms. The standard InChI is InChI=1S/C16H17F2NO5/c17-16(18)12-6-19(9-15(16,13(20)21)10-23-8-12)14(22)24-7-11-4-2-1-3-5-11/h1-5,12H,6-10H2,(H,20,21). The summed E-state index contributed by atoms with van der Waals surface area (Å²) in [4.78, 5) is 24.8. The molecule has 2 aliphatic rings. The van der Waals surface area contributed by atoms with Gasteiger partial charge in [-0.15, -0.1) is 0 Å². The normalized spacial score (nSPS) is 28.2. The fraction of sp³-hybridized carbons (Fsp3) is 0.500. The van der Waals surface area contributed by atoms with Crippen molar-refractivity contribution >= 4 is 12.1 Å². The van der Waals surface area contributed by atoms with E-state index in [2.05, 4.69) is 0 Å². The van der Waals surface area contributed by atoms with Crippen LogP contribution in [0.15, 0.2) is 30.3 Å². The molecule has 1 N–H and O–H groups in total. The van der Waals surface area contributed by atoms with Gasteiger partial charge in [0.1, 0.15) is 6.61 Å². The van der Waals surface area contributed by atoms with Crippen LogP contribution in [-0.2, 0) is 20.9 Å². The lowest BCUT2D eigenvalue weighted by molar-refractivity contribution is -0.263. The van der Waals surface area contributed by atoms with Crippen molar-refractivity contribution in [2.45, 2.75) is 12.5 Å². The van der Waals surface area contributed by atoms with Gasteiger partial charge in [-0.2, -0.15) is 0 Å². The van der Waals surface area contributed by atoms with Gasteiger partial charge >= 0.3 is 12.1 Å². The molecule has 24 heavy (non-hydrogen) atoms. The molecule has 1 amide bonds. The van der Waals surface area contributed by atoms with Crippen LogP contribution in [0.4, 0.5) is 13.6 Å². The van der Waals surface area contributed by atoms with E-state index >= 15 is 0 Å². The lowest BCUT2D eigenvalue weighted by atomic mass is 9.70. The molecular formula is C16H17F2NO5. The van der Waals surface area contributed by atoms with Crippen molar-refractivity contribution in [2.75, 3.05) is 26.3 Å². The summed E-state index contributed by atoms with van der Waals surface area (Å²) in [6.45, 7) is -1.86. The Morgan fingerprint density at radius 2 is 2.04 bits per heavy atom. The second kappa shape index (κ2) is 6.01. The van der Waals surface area contributed by atoms with Crippen LogP contribution in [0.3, 0.4) is 0 Å². The van der Waals surface area contributed by atoms with Gasteiger partial charge in [-0.05, 0) is 5.56 Å². The molecule has 2 atom stereocenters. The number of carboxylic acid groups (broad SMARTS) is 1. The predicted molar refractivity (Wildman–Crippen MR) is 77.5 cm³/mol. The van der Waals surface area contributed by atoms with Crippen molar-refractivity contribution in [1.29, 1.82) is 0 Å². The van der Waals surface area contributed by atoms with E-state index in [1.165, 1.54) is 0 Å². The summed E-state index contributed by atoms with van der Waals surface area (Å²) in [5.41, 5.74) is -1.68. The second-order valence-electron chi connectivity index (χ2n) is 6.14. The van der Waals surface area contributed by atoms with E-state index in [4.69, 9.17) is 9.47 Å². The number of aliphatic carboxylic acids is 1. The second-order valence-corrected chi connectivity index (χ2v) is 6.14. The number of hydrogen-bond donors (Lipinski definition) is 1. The molecule has 8 heteroatoms. The number of carbonyl (C=O) groups excluding carboxylic acids is 1. The van der Waals surface area contributed by atoms with Gasteiger partial charge in [0.15, 0.2) is 5.41 Å². The summed E-state index contributed by atoms with van der Waals surface area (Å²) >= 11 is 0. The number of halogens is 2. The number of carboxylic acids is 1. The molecule has 2 bridgehead atoms. The summed E-state index contributed by atoms with van der Waals surface area (Å²) in [5.74, 6) is -6.47. The van der Waals surface area contributed by atoms with Crippen LogP contribution in [0.2, 0.25) is 0 Å². The number of benzene rings is 1. The Kier molecular flexibility index (Phi) is 4.16. The number of nitrogens with zero attached hydrogens (tertiary/aromatic N) is 1. The van der Waals surface area contributed by atoms with E-state index in [0.717, 1.165) is 10.5 Å². The smallest absolute Gasteiger partial charge is 0.410 e. The van der Waals surface area contributed by atoms with Crippen molar-refractivity contribution in [1.82, 2.24) is 4.90 Å². The molecule has 6 nitrogen and oxygen atoms in total. The van der Waals surface area contributed by atoms with Crippen molar-refractivity contribution in [3.63, 3.8) is 0 Å². The van der Waals surface area contributed by atoms with Crippen LogP contribution in [0.5, 0.6) is 0 Å². The fourth-order valence-electron chi connectivity index (χ4n) is 3.16. The summed E-state index contributed by atoms with van der Waals surface area (Å²) in [7, 11) is 0. The first-order valence-electron chi connectivity index (χ1n) is 7.51. The van der Waals surface area contributed by atoms with Crippen molar-refractivity contribution in [3.8, 4) is 0 Å². The maximum absolute atomic E-state index is 14.5. The molecule has 0 aromatic heterocycles. The molecule has 130 valence electrons. The largest absolute Gasteiger partial charge is 0.481 e. The number of alkyl halides is 2. The van der Waals surface area contributed by atoms with Gasteiger partial charge in [0.25, 0.3) is 5.92 Å². The lowest BCUT2D eigenvalue weighted by Crippen LogP contribution is -2.70. The van der Waals surface area contributed by atoms with Gasteiger partial charge in [0.2, 0.25) is 0 Å². The summed E-state index contributed by atoms with van der Waals surface area (Å²) < 4.78 is 39.1. The number of fused-ring (bicyclic) bond motifs is 2. The lowest BCUT2D eigenvalue weighted by Gasteiger charge is -2.51. The van der Waals surface area contributed by atoms with Gasteiger partial charge in [-0.25, -0.2) is 13.6 Å². The van der Waals surface area contributed by atoms with Gasteiger partial charge in [-0.3, -0.25) is 4.79 Å². The molecule has 1 aromatic rings. The Labute approximate surface area is 137 Å². The van der Waals surface area contributed by atoms with Gasteiger partial charge in [0, 0.05) is 13.1 Å². The fourth-order valence-corrected chi connectivity index (χ4v) is 3.16. The average molecular weight is 341 g/mol. The third-order valence-electron chi connectivity index (χ3n) is 4.59. The maximum Gasteiger partial charge on any atom is 0.410 e. The van der Waals surface area contributed by atoms with Gasteiger partial charge in [-0.1, -0.05) is 30.3 Å². The predicted octanol–water partition coefficient (Wildman–Crippen LogP) is 1.99. The quantitative estimate of drug-likeness (QED) is 0.910. The minimum absolute atomic E-state index is 0.00615. The molecule has 0 saturated carbocycles. The summed E-state index contributed by atoms with van der Waals surface area (Å²) in [6, 6.07) is 8.91. The Balaban J connectivity index is 1.73. The van der Waals surface area contributed by atoms with Crippen molar-refractivity contribution in [3.05, 3.63) is 35.9 Å². The molecule has 3 rings (SSSR count). The zero-order valence-corrected chi connectivity index (χ0v) is 12.8. The molecule has 1 aromatic carbocycles. The summed E-state index contributed by atoms with van der Waals surface area (Å²) in [6.07, 6.45) is -0.799. The Bertz CT molecular complexity index is 639. The van der Waals surface area contributed by atoms with Crippen molar-refractivity contribution < 1.29 is 33.0 Å². The number of ether oxygens (including phenoxy) is 2. The van der Waals surface area contributed by atoms with E-state index in [1.807, 2.05) is 6.07 Å². The van der Waals surface area contributed by atoms with E-state index < -0.39 is 42.5 Å². The Hall–Kier alpha value is -2.22. The Morgan fingerprint density at radius 3 is 2.71 bits per heavy atom. The minimum Gasteiger partial charge on any atom is -0.481 e. The van der Waals surface area contributed by atoms with E-state index in [9.17, 15) is 23.5 Å². The molecule has 2 aliphatic heterocycles. The van der Waals surface area contributed by atoms with E-state index in [1.54, 1.807) is 24.3 Å². The Morgan fingerprint density at radius 1 is 1.33 bits per heavy atom. The molecule has 0 radical (unpaired) electrons. The van der Waals surface area contributed by atoms with Crippen LogP contribution < -0.4 is 0 Å². The molecule has 0 aliphatic carbocycles. The zero-order valence-electron chi connectivity index (χ0n) is 12.8. The number of amides is 1. The number of likely N-dealkylation sites (tertiary alicyclic amines) is 1. The number of piperidine rings is 1. The molecule has 2 unspecified atom stereocenters. The highest BCUT2D eigenvalue weighted by Gasteiger charge is 2.69. The van der Waals surface area contributed by atoms with E-state index in [-0.39, 0.29) is 19.8 Å². The van der Waals surface area contributed by atoms with Gasteiger partial charge in [0.05, 0.1) is 19.1 Å². The number of carbonyl (C=O) groups is 2. The molecule has 2 saturated heterocycles.